The van der Waals surface area contributed by atoms with Crippen molar-refractivity contribution in [3.05, 3.63) is 24.4 Å². The maximum Gasteiger partial charge on any atom is 0.416 e. The van der Waals surface area contributed by atoms with Crippen LogP contribution in [0.3, 0.4) is 0 Å². The molecule has 2 rings (SSSR count). The van der Waals surface area contributed by atoms with Gasteiger partial charge in [-0.1, -0.05) is 17.3 Å². The Bertz CT molecular complexity index is 719. The van der Waals surface area contributed by atoms with E-state index < -0.39 is 11.7 Å². The van der Waals surface area contributed by atoms with Gasteiger partial charge in [-0.05, 0) is 20.8 Å². The Kier molecular flexibility index (Phi) is 4.43. The molecule has 2 aromatic heterocycles. The minimum atomic E-state index is -0.958. The number of hydrogen-bond acceptors (Lipinski definition) is 6. The number of rotatable bonds is 3. The number of carbonyl (C=O) groups excluding carboxylic acids is 1. The molecule has 0 atom stereocenters. The topological polar surface area (TPSA) is 68.2 Å². The molecule has 0 aliphatic heterocycles. The van der Waals surface area contributed by atoms with Crippen molar-refractivity contribution in [2.75, 3.05) is 11.9 Å². The van der Waals surface area contributed by atoms with Gasteiger partial charge in [0.25, 0.3) is 0 Å². The van der Waals surface area contributed by atoms with E-state index in [1.165, 1.54) is 22.6 Å². The van der Waals surface area contributed by atoms with Crippen LogP contribution in [0.2, 0.25) is 0 Å². The Morgan fingerprint density at radius 2 is 2.05 bits per heavy atom. The van der Waals surface area contributed by atoms with Crippen LogP contribution in [0, 0.1) is 19.3 Å². The first-order valence-electron chi connectivity index (χ1n) is 6.51. The van der Waals surface area contributed by atoms with Crippen LogP contribution in [0.15, 0.2) is 18.7 Å². The molecule has 2 aromatic rings. The second kappa shape index (κ2) is 6.12. The molecule has 2 heterocycles. The first-order chi connectivity index (χ1) is 10.3. The number of terminal acetylenes is 1. The maximum atomic E-state index is 12.2. The number of ether oxygens (including phenoxy) is 1. The summed E-state index contributed by atoms with van der Waals surface area (Å²) >= 11 is 1.36. The zero-order valence-corrected chi connectivity index (χ0v) is 13.6. The molecule has 1 amide bonds. The standard InChI is InChI=1S/C15H16N4O2S/c1-6-15(3,4)21-14(20)19(5)13-10(2)18-12(22-13)11-7-16-9-17-8-11/h1,7-9H,2-5H3. The van der Waals surface area contributed by atoms with Gasteiger partial charge >= 0.3 is 6.09 Å². The van der Waals surface area contributed by atoms with E-state index in [0.29, 0.717) is 5.00 Å². The van der Waals surface area contributed by atoms with E-state index in [0.717, 1.165) is 16.3 Å². The van der Waals surface area contributed by atoms with Crippen LogP contribution in [-0.4, -0.2) is 33.7 Å². The van der Waals surface area contributed by atoms with Gasteiger partial charge in [-0.15, -0.1) is 6.42 Å². The molecule has 0 aliphatic rings. The van der Waals surface area contributed by atoms with Crippen molar-refractivity contribution < 1.29 is 9.53 Å². The Balaban J connectivity index is 2.25. The summed E-state index contributed by atoms with van der Waals surface area (Å²) in [5.41, 5.74) is 0.564. The lowest BCUT2D eigenvalue weighted by Gasteiger charge is -2.23. The number of amides is 1. The molecule has 0 aromatic carbocycles. The first kappa shape index (κ1) is 15.9. The summed E-state index contributed by atoms with van der Waals surface area (Å²) in [6.45, 7) is 5.14. The highest BCUT2D eigenvalue weighted by Gasteiger charge is 2.25. The van der Waals surface area contributed by atoms with Gasteiger partial charge in [0.05, 0.1) is 5.69 Å². The van der Waals surface area contributed by atoms with Crippen LogP contribution >= 0.6 is 11.3 Å². The normalized spacial score (nSPS) is 10.9. The summed E-state index contributed by atoms with van der Waals surface area (Å²) in [4.78, 5) is 26.0. The highest BCUT2D eigenvalue weighted by molar-refractivity contribution is 7.19. The van der Waals surface area contributed by atoms with Gasteiger partial charge < -0.3 is 4.74 Å². The summed E-state index contributed by atoms with van der Waals surface area (Å²) in [6.07, 6.45) is 9.62. The monoisotopic (exact) mass is 316 g/mol. The average molecular weight is 316 g/mol. The van der Waals surface area contributed by atoms with Crippen molar-refractivity contribution in [3.8, 4) is 22.9 Å². The summed E-state index contributed by atoms with van der Waals surface area (Å²) in [5.74, 6) is 2.43. The number of nitrogens with zero attached hydrogens (tertiary/aromatic N) is 4. The fourth-order valence-corrected chi connectivity index (χ4v) is 2.63. The highest BCUT2D eigenvalue weighted by atomic mass is 32.1. The van der Waals surface area contributed by atoms with Gasteiger partial charge in [0, 0.05) is 25.0 Å². The van der Waals surface area contributed by atoms with Crippen LogP contribution in [0.4, 0.5) is 9.80 Å². The number of carbonyl (C=O) groups is 1. The zero-order chi connectivity index (χ0) is 16.3. The summed E-state index contributed by atoms with van der Waals surface area (Å²) in [7, 11) is 1.63. The lowest BCUT2D eigenvalue weighted by Crippen LogP contribution is -2.35. The Morgan fingerprint density at radius 1 is 1.41 bits per heavy atom. The quantitative estimate of drug-likeness (QED) is 0.814. The summed E-state index contributed by atoms with van der Waals surface area (Å²) < 4.78 is 5.28. The molecule has 22 heavy (non-hydrogen) atoms. The molecule has 0 N–H and O–H groups in total. The molecule has 0 fully saturated rings. The van der Waals surface area contributed by atoms with Crippen LogP contribution < -0.4 is 4.90 Å². The molecule has 6 nitrogen and oxygen atoms in total. The molecule has 7 heteroatoms. The molecule has 0 saturated carbocycles. The van der Waals surface area contributed by atoms with Crippen LogP contribution in [0.25, 0.3) is 10.6 Å². The molecular weight excluding hydrogens is 300 g/mol. The van der Waals surface area contributed by atoms with E-state index in [2.05, 4.69) is 20.9 Å². The third-order valence-corrected chi connectivity index (χ3v) is 4.13. The van der Waals surface area contributed by atoms with Crippen molar-refractivity contribution >= 4 is 22.4 Å². The number of aryl methyl sites for hydroxylation is 1. The van der Waals surface area contributed by atoms with E-state index in [4.69, 9.17) is 11.2 Å². The van der Waals surface area contributed by atoms with Gasteiger partial charge in [0.1, 0.15) is 16.3 Å². The smallest absolute Gasteiger partial charge is 0.416 e. The van der Waals surface area contributed by atoms with Crippen LogP contribution in [0.1, 0.15) is 19.5 Å². The Labute approximate surface area is 133 Å². The molecule has 114 valence electrons. The van der Waals surface area contributed by atoms with Crippen molar-refractivity contribution in [3.63, 3.8) is 0 Å². The lowest BCUT2D eigenvalue weighted by molar-refractivity contribution is 0.0854. The van der Waals surface area contributed by atoms with Crippen molar-refractivity contribution in [2.24, 2.45) is 0 Å². The largest absolute Gasteiger partial charge is 0.430 e. The van der Waals surface area contributed by atoms with Crippen LogP contribution in [0.5, 0.6) is 0 Å². The molecule has 0 unspecified atom stereocenters. The Morgan fingerprint density at radius 3 is 2.64 bits per heavy atom. The average Bonchev–Trinajstić information content (AvgIpc) is 2.89. The molecule has 0 saturated heterocycles. The number of thiazole rings is 1. The van der Waals surface area contributed by atoms with Gasteiger partial charge in [-0.25, -0.2) is 19.7 Å². The minimum absolute atomic E-state index is 0.523. The predicted octanol–water partition coefficient (Wildman–Crippen LogP) is 2.89. The van der Waals surface area contributed by atoms with E-state index in [9.17, 15) is 4.79 Å². The number of hydrogen-bond donors (Lipinski definition) is 0. The van der Waals surface area contributed by atoms with E-state index in [1.54, 1.807) is 33.3 Å². The predicted molar refractivity (Wildman–Crippen MR) is 85.7 cm³/mol. The zero-order valence-electron chi connectivity index (χ0n) is 12.8. The van der Waals surface area contributed by atoms with E-state index in [-0.39, 0.29) is 0 Å². The number of aromatic nitrogens is 3. The van der Waals surface area contributed by atoms with Gasteiger partial charge in [-0.2, -0.15) is 0 Å². The maximum absolute atomic E-state index is 12.2. The SMILES string of the molecule is C#CC(C)(C)OC(=O)N(C)c1sc(-c2cncnc2)nc1C. The molecular formula is C15H16N4O2S. The van der Waals surface area contributed by atoms with Crippen molar-refractivity contribution in [1.82, 2.24) is 15.0 Å². The van der Waals surface area contributed by atoms with Gasteiger partial charge in [0.2, 0.25) is 0 Å². The third kappa shape index (κ3) is 3.40. The van der Waals surface area contributed by atoms with Crippen molar-refractivity contribution in [1.29, 1.82) is 0 Å². The third-order valence-electron chi connectivity index (χ3n) is 2.85. The van der Waals surface area contributed by atoms with E-state index >= 15 is 0 Å². The second-order valence-corrected chi connectivity index (χ2v) is 6.10. The molecule has 0 bridgehead atoms. The first-order valence-corrected chi connectivity index (χ1v) is 7.33. The minimum Gasteiger partial charge on any atom is -0.430 e. The molecule has 0 aliphatic carbocycles. The number of anilines is 1. The fraction of sp³-hybridized carbons (Fsp3) is 0.333. The van der Waals surface area contributed by atoms with Gasteiger partial charge in [0.15, 0.2) is 5.60 Å². The van der Waals surface area contributed by atoms with E-state index in [1.807, 2.05) is 6.92 Å². The summed E-state index contributed by atoms with van der Waals surface area (Å²) in [5, 5.41) is 1.43. The fourth-order valence-electron chi connectivity index (χ4n) is 1.63. The molecule has 0 radical (unpaired) electrons. The van der Waals surface area contributed by atoms with Crippen LogP contribution in [-0.2, 0) is 4.74 Å². The second-order valence-electron chi connectivity index (χ2n) is 5.12. The highest BCUT2D eigenvalue weighted by Crippen LogP contribution is 2.33. The molecule has 0 spiro atoms. The van der Waals surface area contributed by atoms with Gasteiger partial charge in [-0.3, -0.25) is 4.90 Å². The Hall–Kier alpha value is -2.46. The van der Waals surface area contributed by atoms with Crippen molar-refractivity contribution in [2.45, 2.75) is 26.4 Å². The summed E-state index contributed by atoms with van der Waals surface area (Å²) in [6, 6.07) is 0. The lowest BCUT2D eigenvalue weighted by atomic mass is 10.1.